The van der Waals surface area contributed by atoms with E-state index in [2.05, 4.69) is 17.3 Å². The third-order valence-electron chi connectivity index (χ3n) is 5.76. The molecule has 1 spiro atoms. The number of aliphatic imine (C=N–C) groups is 2. The molecule has 0 aromatic heterocycles. The number of methoxy groups -OCH3 is 2. The summed E-state index contributed by atoms with van der Waals surface area (Å²) in [5, 5.41) is 4.20. The van der Waals surface area contributed by atoms with E-state index < -0.39 is 5.66 Å². The van der Waals surface area contributed by atoms with Crippen molar-refractivity contribution in [1.29, 1.82) is 0 Å². The predicted molar refractivity (Wildman–Crippen MR) is 136 cm³/mol. The fourth-order valence-corrected chi connectivity index (χ4v) is 4.91. The molecule has 2 aromatic carbocycles. The molecule has 4 rings (SSSR count). The van der Waals surface area contributed by atoms with E-state index in [0.717, 1.165) is 48.0 Å². The van der Waals surface area contributed by atoms with Crippen LogP contribution in [-0.4, -0.2) is 67.3 Å². The van der Waals surface area contributed by atoms with Crippen LogP contribution in [0, 0.1) is 0 Å². The number of halogens is 1. The summed E-state index contributed by atoms with van der Waals surface area (Å²) in [7, 11) is 5.31. The molecule has 2 aromatic rings. The molecule has 1 fully saturated rings. The summed E-state index contributed by atoms with van der Waals surface area (Å²) in [4.78, 5) is 25.1. The van der Waals surface area contributed by atoms with Crippen LogP contribution in [0.25, 0.3) is 0 Å². The van der Waals surface area contributed by atoms with Crippen molar-refractivity contribution in [2.75, 3.05) is 45.4 Å². The maximum atomic E-state index is 12.7. The van der Waals surface area contributed by atoms with Gasteiger partial charge in [0.15, 0.2) is 5.66 Å². The fourth-order valence-electron chi connectivity index (χ4n) is 3.86. The number of anilines is 1. The van der Waals surface area contributed by atoms with Gasteiger partial charge in [0.1, 0.15) is 16.5 Å². The zero-order valence-corrected chi connectivity index (χ0v) is 20.5. The van der Waals surface area contributed by atoms with E-state index in [1.165, 1.54) is 11.8 Å². The lowest BCUT2D eigenvalue weighted by atomic mass is 9.99. The number of rotatable bonds is 6. The van der Waals surface area contributed by atoms with Crippen LogP contribution in [0.2, 0.25) is 5.02 Å². The van der Waals surface area contributed by atoms with Gasteiger partial charge in [0.05, 0.1) is 31.4 Å². The molecule has 174 valence electrons. The van der Waals surface area contributed by atoms with Crippen LogP contribution in [0.1, 0.15) is 18.4 Å². The number of nitrogens with zero attached hydrogens (tertiary/aromatic N) is 3. The Morgan fingerprint density at radius 3 is 2.52 bits per heavy atom. The SMILES string of the molecule is COc1ccc(C2=NC3(CCN(C)CC3)N=C2SCC(=O)Nc2cc(Cl)ccc2OC)cc1. The first-order chi connectivity index (χ1) is 15.9. The van der Waals surface area contributed by atoms with E-state index in [0.29, 0.717) is 16.5 Å². The van der Waals surface area contributed by atoms with Crippen LogP contribution in [0.15, 0.2) is 52.4 Å². The smallest absolute Gasteiger partial charge is 0.234 e. The van der Waals surface area contributed by atoms with Gasteiger partial charge in [-0.25, -0.2) is 4.99 Å². The zero-order valence-electron chi connectivity index (χ0n) is 18.9. The number of piperidine rings is 1. The quantitative estimate of drug-likeness (QED) is 0.656. The average molecular weight is 487 g/mol. The molecular weight excluding hydrogens is 460 g/mol. The molecule has 0 atom stereocenters. The highest BCUT2D eigenvalue weighted by molar-refractivity contribution is 8.16. The standard InChI is InChI=1S/C24H27ClN4O3S/c1-29-12-10-24(11-13-29)27-22(16-4-7-18(31-2)8-5-16)23(28-24)33-15-21(30)26-19-14-17(25)6-9-20(19)32-3/h4-9,14H,10-13,15H2,1-3H3,(H,26,30). The molecular formula is C24H27ClN4O3S. The monoisotopic (exact) mass is 486 g/mol. The summed E-state index contributed by atoms with van der Waals surface area (Å²) in [6.45, 7) is 1.88. The van der Waals surface area contributed by atoms with E-state index in [9.17, 15) is 4.79 Å². The molecule has 0 unspecified atom stereocenters. The van der Waals surface area contributed by atoms with E-state index in [1.807, 2.05) is 24.3 Å². The summed E-state index contributed by atoms with van der Waals surface area (Å²) in [6.07, 6.45) is 1.72. The molecule has 1 saturated heterocycles. The summed E-state index contributed by atoms with van der Waals surface area (Å²) in [5.41, 5.74) is 1.89. The first kappa shape index (κ1) is 23.6. The molecule has 0 bridgehead atoms. The van der Waals surface area contributed by atoms with Crippen LogP contribution in [0.5, 0.6) is 11.5 Å². The summed E-state index contributed by atoms with van der Waals surface area (Å²) in [5.74, 6) is 1.37. The number of carbonyl (C=O) groups is 1. The van der Waals surface area contributed by atoms with Gasteiger partial charge in [-0.2, -0.15) is 0 Å². The molecule has 0 radical (unpaired) electrons. The minimum Gasteiger partial charge on any atom is -0.497 e. The molecule has 2 aliphatic heterocycles. The Bertz CT molecular complexity index is 1080. The molecule has 9 heteroatoms. The molecule has 7 nitrogen and oxygen atoms in total. The lowest BCUT2D eigenvalue weighted by Crippen LogP contribution is -2.39. The number of nitrogens with one attached hydrogen (secondary N) is 1. The summed E-state index contributed by atoms with van der Waals surface area (Å²) < 4.78 is 10.6. The second-order valence-corrected chi connectivity index (χ2v) is 9.47. The number of hydrogen-bond acceptors (Lipinski definition) is 7. The van der Waals surface area contributed by atoms with E-state index in [1.54, 1.807) is 32.4 Å². The highest BCUT2D eigenvalue weighted by atomic mass is 35.5. The fraction of sp³-hybridized carbons (Fsp3) is 0.375. The van der Waals surface area contributed by atoms with Crippen LogP contribution in [-0.2, 0) is 4.79 Å². The minimum atomic E-state index is -0.448. The number of carbonyl (C=O) groups excluding carboxylic acids is 1. The number of amides is 1. The lowest BCUT2D eigenvalue weighted by molar-refractivity contribution is -0.113. The Morgan fingerprint density at radius 1 is 1.12 bits per heavy atom. The van der Waals surface area contributed by atoms with Crippen LogP contribution in [0.4, 0.5) is 5.69 Å². The van der Waals surface area contributed by atoms with Crippen molar-refractivity contribution in [1.82, 2.24) is 4.90 Å². The summed E-state index contributed by atoms with van der Waals surface area (Å²) in [6, 6.07) is 12.9. The van der Waals surface area contributed by atoms with Crippen molar-refractivity contribution in [3.05, 3.63) is 53.1 Å². The third kappa shape index (κ3) is 5.51. The van der Waals surface area contributed by atoms with Crippen LogP contribution in [0.3, 0.4) is 0 Å². The highest BCUT2D eigenvalue weighted by Gasteiger charge is 2.39. The number of likely N-dealkylation sites (tertiary alicyclic amines) is 1. The van der Waals surface area contributed by atoms with Gasteiger partial charge in [0.2, 0.25) is 5.91 Å². The van der Waals surface area contributed by atoms with Gasteiger partial charge in [0.25, 0.3) is 0 Å². The molecule has 2 aliphatic rings. The van der Waals surface area contributed by atoms with Crippen molar-refractivity contribution < 1.29 is 14.3 Å². The van der Waals surface area contributed by atoms with Gasteiger partial charge in [0, 0.05) is 36.5 Å². The third-order valence-corrected chi connectivity index (χ3v) is 6.96. The van der Waals surface area contributed by atoms with Crippen LogP contribution < -0.4 is 14.8 Å². The lowest BCUT2D eigenvalue weighted by Gasteiger charge is -2.33. The second-order valence-electron chi connectivity index (χ2n) is 8.07. The molecule has 33 heavy (non-hydrogen) atoms. The van der Waals surface area contributed by atoms with Gasteiger partial charge in [-0.1, -0.05) is 23.4 Å². The number of benzene rings is 2. The number of thioether (sulfide) groups is 1. The van der Waals surface area contributed by atoms with Gasteiger partial charge in [-0.15, -0.1) is 0 Å². The zero-order chi connectivity index (χ0) is 23.4. The normalized spacial score (nSPS) is 17.5. The first-order valence-electron chi connectivity index (χ1n) is 10.7. The van der Waals surface area contributed by atoms with Gasteiger partial charge in [-0.05, 0) is 49.5 Å². The van der Waals surface area contributed by atoms with Gasteiger partial charge in [-0.3, -0.25) is 9.79 Å². The first-order valence-corrected chi connectivity index (χ1v) is 12.1. The van der Waals surface area contributed by atoms with Crippen molar-refractivity contribution in [2.45, 2.75) is 18.5 Å². The Hall–Kier alpha value is -2.55. The van der Waals surface area contributed by atoms with E-state index in [-0.39, 0.29) is 11.7 Å². The van der Waals surface area contributed by atoms with Crippen molar-refractivity contribution >= 4 is 45.7 Å². The Morgan fingerprint density at radius 2 is 1.85 bits per heavy atom. The number of hydrogen-bond donors (Lipinski definition) is 1. The topological polar surface area (TPSA) is 75.5 Å². The van der Waals surface area contributed by atoms with Gasteiger partial charge < -0.3 is 19.7 Å². The van der Waals surface area contributed by atoms with E-state index in [4.69, 9.17) is 31.1 Å². The molecule has 0 aliphatic carbocycles. The molecule has 2 heterocycles. The van der Waals surface area contributed by atoms with Crippen molar-refractivity contribution in [3.63, 3.8) is 0 Å². The minimum absolute atomic E-state index is 0.165. The van der Waals surface area contributed by atoms with Crippen molar-refractivity contribution in [3.8, 4) is 11.5 Å². The second kappa shape index (κ2) is 10.2. The summed E-state index contributed by atoms with van der Waals surface area (Å²) >= 11 is 7.48. The number of ether oxygens (including phenoxy) is 2. The molecule has 1 amide bonds. The highest BCUT2D eigenvalue weighted by Crippen LogP contribution is 2.35. The molecule has 1 N–H and O–H groups in total. The molecule has 0 saturated carbocycles. The maximum absolute atomic E-state index is 12.7. The van der Waals surface area contributed by atoms with E-state index >= 15 is 0 Å². The van der Waals surface area contributed by atoms with Gasteiger partial charge >= 0.3 is 0 Å². The largest absolute Gasteiger partial charge is 0.497 e. The van der Waals surface area contributed by atoms with Crippen LogP contribution >= 0.6 is 23.4 Å². The predicted octanol–water partition coefficient (Wildman–Crippen LogP) is 4.35. The Balaban J connectivity index is 1.52. The van der Waals surface area contributed by atoms with Crippen molar-refractivity contribution in [2.24, 2.45) is 9.98 Å². The Labute approximate surface area is 203 Å². The Kier molecular flexibility index (Phi) is 7.26. The maximum Gasteiger partial charge on any atom is 0.234 e. The average Bonchev–Trinajstić information content (AvgIpc) is 3.18.